The first-order valence-electron chi connectivity index (χ1n) is 35.7. The zero-order chi connectivity index (χ0) is 58.8. The van der Waals surface area contributed by atoms with Crippen molar-refractivity contribution in [3.8, 4) is 0 Å². The van der Waals surface area contributed by atoms with Gasteiger partial charge in [-0.3, -0.25) is 0 Å². The summed E-state index contributed by atoms with van der Waals surface area (Å²) >= 11 is 0. The highest BCUT2D eigenvalue weighted by atomic mass is 14.4. The van der Waals surface area contributed by atoms with E-state index >= 15 is 0 Å². The van der Waals surface area contributed by atoms with Crippen LogP contribution in [0.1, 0.15) is 353 Å². The highest BCUT2D eigenvalue weighted by Crippen LogP contribution is 2.46. The summed E-state index contributed by atoms with van der Waals surface area (Å²) in [4.78, 5) is 0. The van der Waals surface area contributed by atoms with Crippen LogP contribution in [0, 0.1) is 141 Å². The lowest BCUT2D eigenvalue weighted by Crippen LogP contribution is -2.34. The molecule has 11 aliphatic carbocycles. The molecule has 0 aromatic rings. The molecule has 11 aliphatic rings. The Kier molecular flexibility index (Phi) is 37.8. The van der Waals surface area contributed by atoms with E-state index in [1.165, 1.54) is 173 Å². The van der Waals surface area contributed by atoms with Crippen molar-refractivity contribution in [3.05, 3.63) is 0 Å². The minimum absolute atomic E-state index is 0.550. The summed E-state index contributed by atoms with van der Waals surface area (Å²) in [7, 11) is 0. The average Bonchev–Trinajstić information content (AvgIpc) is 4.27. The van der Waals surface area contributed by atoms with Crippen LogP contribution < -0.4 is 0 Å². The lowest BCUT2D eigenvalue weighted by atomic mass is 9.62. The molecule has 11 saturated carbocycles. The van der Waals surface area contributed by atoms with Gasteiger partial charge in [0.25, 0.3) is 0 Å². The molecule has 22 atom stereocenters. The van der Waals surface area contributed by atoms with Crippen molar-refractivity contribution < 1.29 is 0 Å². The standard InChI is InChI=1S/C11H22.C9H18.2C8H16.2C7H14.2C6H12.3C5H10/c1-9-6-5-7-10(8-9)11(2,3)4;1-7-5-6-8(7)9(2,3)4;1-7-4-3-5-8(2)6-7;1-7-5-3-4-6-8(7)2;2*1-6-4-3-5-7(6)2;2*1-5-3-4-6(5)2;3*1-4-3-5(4)2/h9-10H,5-8H2,1-4H3;7-8H,5-6H2,1-4H3;2*7-8H,3-6H2,1-2H3;2*6-7H,3-5H2,1-2H3;2*5-6H,3-4H2,1-2H3;3*4-5H,3H2,1-2H3/t9-,10?;7-,8?;2*7-,8+;2*6-,7+;5-,6+;5-,6-;4-,5+;2*4-,5-/m01.....1.10/s1. The molecule has 2 unspecified atom stereocenters. The van der Waals surface area contributed by atoms with Gasteiger partial charge in [-0.1, -0.05) is 308 Å². The first kappa shape index (κ1) is 75.0. The predicted molar refractivity (Wildman–Crippen MR) is 354 cm³/mol. The maximum atomic E-state index is 2.40. The first-order valence-corrected chi connectivity index (χ1v) is 35.7. The van der Waals surface area contributed by atoms with Crippen LogP contribution in [0.5, 0.6) is 0 Å². The van der Waals surface area contributed by atoms with E-state index in [9.17, 15) is 0 Å². The van der Waals surface area contributed by atoms with Gasteiger partial charge in [0.05, 0.1) is 0 Å². The second-order valence-corrected chi connectivity index (χ2v) is 33.9. The van der Waals surface area contributed by atoms with Crippen LogP contribution in [-0.4, -0.2) is 0 Å². The van der Waals surface area contributed by atoms with E-state index < -0.39 is 0 Å². The molecule has 0 spiro atoms. The molecule has 0 heterocycles. The molecule has 11 rings (SSSR count). The van der Waals surface area contributed by atoms with E-state index in [4.69, 9.17) is 0 Å². The molecule has 0 aromatic heterocycles. The number of rotatable bonds is 0. The van der Waals surface area contributed by atoms with E-state index in [1.807, 2.05) is 0 Å². The molecule has 0 saturated heterocycles. The Labute approximate surface area is 491 Å². The maximum absolute atomic E-state index is 2.40. The maximum Gasteiger partial charge on any atom is -0.0340 e. The Morgan fingerprint density at radius 3 is 0.506 bits per heavy atom. The van der Waals surface area contributed by atoms with Crippen molar-refractivity contribution in [1.29, 1.82) is 0 Å². The summed E-state index contributed by atoms with van der Waals surface area (Å²) in [5, 5.41) is 0. The third-order valence-corrected chi connectivity index (χ3v) is 23.8. The van der Waals surface area contributed by atoms with Crippen LogP contribution in [0.15, 0.2) is 0 Å². The third kappa shape index (κ3) is 35.7. The molecule has 0 aliphatic heterocycles. The van der Waals surface area contributed by atoms with Crippen LogP contribution in [0.4, 0.5) is 0 Å². The van der Waals surface area contributed by atoms with Crippen molar-refractivity contribution in [1.82, 2.24) is 0 Å². The summed E-state index contributed by atoms with van der Waals surface area (Å²) in [6, 6.07) is 0. The highest BCUT2D eigenvalue weighted by Gasteiger charge is 2.36. The first-order chi connectivity index (χ1) is 35.7. The smallest absolute Gasteiger partial charge is 0.0340 e. The summed E-state index contributed by atoms with van der Waals surface area (Å²) in [5.74, 6) is 22.5. The van der Waals surface area contributed by atoms with Crippen molar-refractivity contribution in [2.45, 2.75) is 353 Å². The fourth-order valence-electron chi connectivity index (χ4n) is 13.3. The van der Waals surface area contributed by atoms with Gasteiger partial charge in [-0.15, -0.1) is 0 Å². The monoisotopic (exact) mass is 1080 g/mol. The summed E-state index contributed by atoms with van der Waals surface area (Å²) < 4.78 is 0. The second kappa shape index (κ2) is 38.8. The molecule has 462 valence electrons. The molecule has 77 heavy (non-hydrogen) atoms. The molecule has 0 amide bonds. The van der Waals surface area contributed by atoms with Gasteiger partial charge in [-0.05, 0) is 186 Å². The van der Waals surface area contributed by atoms with Crippen LogP contribution in [0.25, 0.3) is 0 Å². The Bertz CT molecular complexity index is 1260. The third-order valence-electron chi connectivity index (χ3n) is 23.8. The fraction of sp³-hybridized carbons (Fsp3) is 1.00. The van der Waals surface area contributed by atoms with Crippen LogP contribution in [0.3, 0.4) is 0 Å². The van der Waals surface area contributed by atoms with E-state index in [0.29, 0.717) is 10.8 Å². The quantitative estimate of drug-likeness (QED) is 0.227. The molecule has 0 bridgehead atoms. The van der Waals surface area contributed by atoms with E-state index in [2.05, 4.69) is 180 Å². The average molecular weight is 1080 g/mol. The van der Waals surface area contributed by atoms with Gasteiger partial charge in [-0.25, -0.2) is 0 Å². The van der Waals surface area contributed by atoms with E-state index in [1.54, 1.807) is 0 Å². The van der Waals surface area contributed by atoms with Gasteiger partial charge in [0, 0.05) is 0 Å². The normalized spacial score (nSPS) is 41.5. The number of hydrogen-bond acceptors (Lipinski definition) is 0. The van der Waals surface area contributed by atoms with Crippen LogP contribution >= 0.6 is 0 Å². The lowest BCUT2D eigenvalue weighted by molar-refractivity contribution is 0.0689. The molecule has 0 nitrogen and oxygen atoms in total. The second-order valence-electron chi connectivity index (χ2n) is 33.9. The van der Waals surface area contributed by atoms with Gasteiger partial charge in [0.1, 0.15) is 0 Å². The molecular formula is C77H154. The van der Waals surface area contributed by atoms with Crippen molar-refractivity contribution in [3.63, 3.8) is 0 Å². The van der Waals surface area contributed by atoms with Gasteiger partial charge >= 0.3 is 0 Å². The molecule has 0 aromatic carbocycles. The molecule has 0 heteroatoms. The van der Waals surface area contributed by atoms with Gasteiger partial charge in [-0.2, -0.15) is 0 Å². The predicted octanol–water partition coefficient (Wildman–Crippen LogP) is 26.6. The van der Waals surface area contributed by atoms with Gasteiger partial charge in [0.15, 0.2) is 0 Å². The van der Waals surface area contributed by atoms with Crippen molar-refractivity contribution >= 4 is 0 Å². The zero-order valence-electron chi connectivity index (χ0n) is 58.8. The lowest BCUT2D eigenvalue weighted by Gasteiger charge is -2.43. The fourth-order valence-corrected chi connectivity index (χ4v) is 13.3. The summed E-state index contributed by atoms with van der Waals surface area (Å²) in [6.07, 6.45) is 39.7. The zero-order valence-corrected chi connectivity index (χ0v) is 58.8. The number of hydrogen-bond donors (Lipinski definition) is 0. The Hall–Kier alpha value is 0. The minimum atomic E-state index is 0.550. The van der Waals surface area contributed by atoms with Gasteiger partial charge in [0.2, 0.25) is 0 Å². The minimum Gasteiger partial charge on any atom is -0.0625 e. The SMILES string of the molecule is C[C@@H]1CCC1C(C)(C)C.C[C@@H]1CCCC[C@@H]1C.C[C@@H]1CCC[C@@H]1C.C[C@@H]1CCC[C@@H]1C.C[C@@H]1CCC[C@H](C)C1.C[C@@H]1CC[C@@H]1C.C[C@@H]1CC[C@H]1C.C[C@@H]1C[C@@H]1C.C[C@@H]1C[C@H]1C.C[C@H]1CCCC(C(C)(C)C)C1.C[C@H]1C[C@@H]1C. The Balaban J connectivity index is 0.000000427. The Morgan fingerprint density at radius 1 is 0.182 bits per heavy atom. The molecular weight excluding hydrogens is 925 g/mol. The van der Waals surface area contributed by atoms with Crippen molar-refractivity contribution in [2.24, 2.45) is 141 Å². The van der Waals surface area contributed by atoms with Crippen LogP contribution in [-0.2, 0) is 0 Å². The highest BCUT2D eigenvalue weighted by molar-refractivity contribution is 4.86. The topological polar surface area (TPSA) is 0 Å². The largest absolute Gasteiger partial charge is 0.0625 e. The van der Waals surface area contributed by atoms with Gasteiger partial charge < -0.3 is 0 Å². The molecule has 0 radical (unpaired) electrons. The van der Waals surface area contributed by atoms with Crippen LogP contribution in [0.2, 0.25) is 0 Å². The molecule has 11 fully saturated rings. The van der Waals surface area contributed by atoms with E-state index in [-0.39, 0.29) is 0 Å². The van der Waals surface area contributed by atoms with E-state index in [0.717, 1.165) is 130 Å². The summed E-state index contributed by atoms with van der Waals surface area (Å²) in [5.41, 5.74) is 1.12. The van der Waals surface area contributed by atoms with Crippen molar-refractivity contribution in [2.75, 3.05) is 0 Å². The molecule has 0 N–H and O–H groups in total. The summed E-state index contributed by atoms with van der Waals surface area (Å²) in [6.45, 7) is 61.0. The Morgan fingerprint density at radius 2 is 0.403 bits per heavy atom.